The highest BCUT2D eigenvalue weighted by Gasteiger charge is 2.31. The summed E-state index contributed by atoms with van der Waals surface area (Å²) in [6.45, 7) is 3.94. The maximum Gasteiger partial charge on any atom is 0.261 e. The predicted octanol–water partition coefficient (Wildman–Crippen LogP) is 2.00. The lowest BCUT2D eigenvalue weighted by Gasteiger charge is -2.10. The number of carbonyl (C=O) groups is 2. The summed E-state index contributed by atoms with van der Waals surface area (Å²) in [5.74, 6) is -0.0885. The van der Waals surface area contributed by atoms with Crippen molar-refractivity contribution in [2.45, 2.75) is 25.5 Å². The van der Waals surface area contributed by atoms with Crippen LogP contribution in [0.5, 0.6) is 0 Å². The summed E-state index contributed by atoms with van der Waals surface area (Å²) >= 11 is 1.33. The van der Waals surface area contributed by atoms with Gasteiger partial charge in [-0.25, -0.2) is 0 Å². The first-order valence-corrected chi connectivity index (χ1v) is 7.07. The van der Waals surface area contributed by atoms with Gasteiger partial charge in [0, 0.05) is 0 Å². The number of carbonyl (C=O) groups excluding carboxylic acids is 2. The maximum absolute atomic E-state index is 11.8. The molecule has 19 heavy (non-hydrogen) atoms. The molecular weight excluding hydrogens is 260 g/mol. The van der Waals surface area contributed by atoms with Crippen molar-refractivity contribution in [2.24, 2.45) is 10.9 Å². The number of nitrogens with one attached hydrogen (secondary N) is 1. The summed E-state index contributed by atoms with van der Waals surface area (Å²) in [6, 6.07) is 9.48. The van der Waals surface area contributed by atoms with Crippen LogP contribution >= 0.6 is 11.8 Å². The second-order valence-corrected chi connectivity index (χ2v) is 5.88. The van der Waals surface area contributed by atoms with E-state index in [0.717, 1.165) is 5.56 Å². The summed E-state index contributed by atoms with van der Waals surface area (Å²) in [4.78, 5) is 27.3. The number of benzene rings is 1. The number of hydrogen-bond acceptors (Lipinski definition) is 3. The molecule has 1 aromatic rings. The van der Waals surface area contributed by atoms with E-state index >= 15 is 0 Å². The highest BCUT2D eigenvalue weighted by Crippen LogP contribution is 2.27. The second-order valence-electron chi connectivity index (χ2n) is 4.75. The molecule has 2 rings (SSSR count). The fourth-order valence-electron chi connectivity index (χ4n) is 1.78. The molecule has 1 aliphatic rings. The number of aliphatic imine (C=N–C) groups is 1. The van der Waals surface area contributed by atoms with E-state index in [0.29, 0.717) is 11.6 Å². The van der Waals surface area contributed by atoms with Crippen molar-refractivity contribution in [3.05, 3.63) is 35.9 Å². The zero-order valence-corrected chi connectivity index (χ0v) is 11.7. The van der Waals surface area contributed by atoms with E-state index < -0.39 is 0 Å². The Balaban J connectivity index is 1.91. The largest absolute Gasteiger partial charge is 0.305 e. The highest BCUT2D eigenvalue weighted by molar-refractivity contribution is 8.15. The summed E-state index contributed by atoms with van der Waals surface area (Å²) in [5.41, 5.74) is 0.940. The first-order chi connectivity index (χ1) is 9.06. The first kappa shape index (κ1) is 13.8. The van der Waals surface area contributed by atoms with Crippen LogP contribution in [0.3, 0.4) is 0 Å². The molecule has 2 amide bonds. The SMILES string of the molecule is CC(C)[C@H]1SC(NC(=O)Cc2ccccc2)=NC1=O. The lowest BCUT2D eigenvalue weighted by Crippen LogP contribution is -2.29. The molecule has 1 N–H and O–H groups in total. The van der Waals surface area contributed by atoms with Crippen molar-refractivity contribution in [1.29, 1.82) is 0 Å². The average molecular weight is 276 g/mol. The molecule has 1 aromatic carbocycles. The molecule has 0 spiro atoms. The van der Waals surface area contributed by atoms with Gasteiger partial charge in [-0.1, -0.05) is 55.9 Å². The molecule has 0 aromatic heterocycles. The van der Waals surface area contributed by atoms with E-state index in [-0.39, 0.29) is 23.0 Å². The van der Waals surface area contributed by atoms with Crippen molar-refractivity contribution in [2.75, 3.05) is 0 Å². The Morgan fingerprint density at radius 3 is 2.63 bits per heavy atom. The van der Waals surface area contributed by atoms with Crippen molar-refractivity contribution in [3.8, 4) is 0 Å². The van der Waals surface area contributed by atoms with Gasteiger partial charge >= 0.3 is 0 Å². The fourth-order valence-corrected chi connectivity index (χ4v) is 2.77. The van der Waals surface area contributed by atoms with Crippen LogP contribution in [0.4, 0.5) is 0 Å². The quantitative estimate of drug-likeness (QED) is 0.918. The van der Waals surface area contributed by atoms with Crippen LogP contribution in [0.2, 0.25) is 0 Å². The van der Waals surface area contributed by atoms with E-state index in [1.807, 2.05) is 44.2 Å². The number of hydrogen-bond donors (Lipinski definition) is 1. The Hall–Kier alpha value is -1.62. The lowest BCUT2D eigenvalue weighted by molar-refractivity contribution is -0.119. The molecular formula is C14H16N2O2S. The van der Waals surface area contributed by atoms with Gasteiger partial charge in [-0.05, 0) is 11.5 Å². The lowest BCUT2D eigenvalue weighted by atomic mass is 10.1. The molecule has 1 aliphatic heterocycles. The van der Waals surface area contributed by atoms with E-state index in [4.69, 9.17) is 0 Å². The van der Waals surface area contributed by atoms with Gasteiger partial charge in [-0.3, -0.25) is 9.59 Å². The second kappa shape index (κ2) is 6.02. The molecule has 100 valence electrons. The molecule has 0 saturated heterocycles. The van der Waals surface area contributed by atoms with E-state index in [9.17, 15) is 9.59 Å². The maximum atomic E-state index is 11.8. The van der Waals surface area contributed by atoms with Crippen molar-refractivity contribution < 1.29 is 9.59 Å². The molecule has 0 fully saturated rings. The van der Waals surface area contributed by atoms with Gasteiger partial charge in [0.15, 0.2) is 5.17 Å². The van der Waals surface area contributed by atoms with E-state index in [2.05, 4.69) is 10.3 Å². The third kappa shape index (κ3) is 3.67. The third-order valence-corrected chi connectivity index (χ3v) is 4.17. The van der Waals surface area contributed by atoms with Gasteiger partial charge in [0.05, 0.1) is 11.7 Å². The molecule has 0 radical (unpaired) electrons. The molecule has 0 saturated carbocycles. The summed E-state index contributed by atoms with van der Waals surface area (Å²) in [7, 11) is 0. The summed E-state index contributed by atoms with van der Waals surface area (Å²) < 4.78 is 0. The molecule has 1 atom stereocenters. The Kier molecular flexibility index (Phi) is 4.37. The van der Waals surface area contributed by atoms with Gasteiger partial charge < -0.3 is 5.32 Å². The smallest absolute Gasteiger partial charge is 0.261 e. The first-order valence-electron chi connectivity index (χ1n) is 6.19. The standard InChI is InChI=1S/C14H16N2O2S/c1-9(2)12-13(18)16-14(19-12)15-11(17)8-10-6-4-3-5-7-10/h3-7,9,12H,8H2,1-2H3,(H,15,16,17,18)/t12-/m1/s1. The number of amidine groups is 1. The van der Waals surface area contributed by atoms with Crippen LogP contribution in [0.15, 0.2) is 35.3 Å². The third-order valence-electron chi connectivity index (χ3n) is 2.75. The average Bonchev–Trinajstić information content (AvgIpc) is 2.71. The minimum atomic E-state index is -0.174. The van der Waals surface area contributed by atoms with Crippen molar-refractivity contribution in [1.82, 2.24) is 5.32 Å². The van der Waals surface area contributed by atoms with Crippen LogP contribution < -0.4 is 5.32 Å². The van der Waals surface area contributed by atoms with Crippen LogP contribution in [-0.4, -0.2) is 22.2 Å². The summed E-state index contributed by atoms with van der Waals surface area (Å²) in [6.07, 6.45) is 0.293. The number of nitrogens with zero attached hydrogens (tertiary/aromatic N) is 1. The molecule has 1 heterocycles. The Morgan fingerprint density at radius 1 is 1.37 bits per heavy atom. The normalized spacial score (nSPS) is 18.6. The predicted molar refractivity (Wildman–Crippen MR) is 76.9 cm³/mol. The van der Waals surface area contributed by atoms with Gasteiger partial charge in [-0.2, -0.15) is 4.99 Å². The Labute approximate surface area is 116 Å². The van der Waals surface area contributed by atoms with Crippen molar-refractivity contribution in [3.63, 3.8) is 0 Å². The molecule has 0 bridgehead atoms. The van der Waals surface area contributed by atoms with Gasteiger partial charge in [0.1, 0.15) is 0 Å². The number of rotatable bonds is 3. The van der Waals surface area contributed by atoms with Crippen LogP contribution in [0.1, 0.15) is 19.4 Å². The number of thioether (sulfide) groups is 1. The minimum absolute atomic E-state index is 0.144. The topological polar surface area (TPSA) is 58.5 Å². The number of amides is 2. The van der Waals surface area contributed by atoms with Crippen LogP contribution in [0, 0.1) is 5.92 Å². The van der Waals surface area contributed by atoms with E-state index in [1.54, 1.807) is 0 Å². The van der Waals surface area contributed by atoms with E-state index in [1.165, 1.54) is 11.8 Å². The van der Waals surface area contributed by atoms with Crippen molar-refractivity contribution >= 4 is 28.7 Å². The van der Waals surface area contributed by atoms with Gasteiger partial charge in [-0.15, -0.1) is 0 Å². The molecule has 5 heteroatoms. The molecule has 4 nitrogen and oxygen atoms in total. The Morgan fingerprint density at radius 2 is 2.05 bits per heavy atom. The molecule has 0 aliphatic carbocycles. The van der Waals surface area contributed by atoms with Gasteiger partial charge in [0.2, 0.25) is 5.91 Å². The zero-order valence-electron chi connectivity index (χ0n) is 10.9. The van der Waals surface area contributed by atoms with Gasteiger partial charge in [0.25, 0.3) is 5.91 Å². The van der Waals surface area contributed by atoms with Crippen LogP contribution in [-0.2, 0) is 16.0 Å². The minimum Gasteiger partial charge on any atom is -0.305 e. The molecule has 0 unspecified atom stereocenters. The summed E-state index contributed by atoms with van der Waals surface area (Å²) in [5, 5.41) is 2.94. The zero-order chi connectivity index (χ0) is 13.8. The monoisotopic (exact) mass is 276 g/mol. The fraction of sp³-hybridized carbons (Fsp3) is 0.357. The Bertz CT molecular complexity index is 511. The highest BCUT2D eigenvalue weighted by atomic mass is 32.2. The van der Waals surface area contributed by atoms with Crippen LogP contribution in [0.25, 0.3) is 0 Å².